The van der Waals surface area contributed by atoms with Crippen LogP contribution in [0, 0.1) is 10.1 Å². The quantitative estimate of drug-likeness (QED) is 0.468. The summed E-state index contributed by atoms with van der Waals surface area (Å²) in [5.74, 6) is -0.700. The minimum absolute atomic E-state index is 0.0835. The molecule has 0 radical (unpaired) electrons. The Labute approximate surface area is 123 Å². The van der Waals surface area contributed by atoms with E-state index in [4.69, 9.17) is 4.74 Å². The number of carbonyl (C=O) groups excluding carboxylic acids is 1. The zero-order chi connectivity index (χ0) is 16.0. The van der Waals surface area contributed by atoms with Gasteiger partial charge in [0.25, 0.3) is 5.69 Å². The number of hydrogen-bond acceptors (Lipinski definition) is 6. The maximum atomic E-state index is 11.7. The summed E-state index contributed by atoms with van der Waals surface area (Å²) >= 11 is 0. The van der Waals surface area contributed by atoms with Crippen LogP contribution in [-0.4, -0.2) is 40.8 Å². The SMILES string of the molecule is CC(C)(C)NC[C@H](O)COC(=O)c1cccc([N+](=O)[O-])c1. The van der Waals surface area contributed by atoms with Gasteiger partial charge in [0.1, 0.15) is 12.7 Å². The van der Waals surface area contributed by atoms with Crippen molar-refractivity contribution in [3.05, 3.63) is 39.9 Å². The molecule has 0 spiro atoms. The van der Waals surface area contributed by atoms with Gasteiger partial charge in [0, 0.05) is 24.2 Å². The van der Waals surface area contributed by atoms with Crippen molar-refractivity contribution >= 4 is 11.7 Å². The third-order valence-corrected chi connectivity index (χ3v) is 2.57. The summed E-state index contributed by atoms with van der Waals surface area (Å²) in [6, 6.07) is 5.27. The predicted molar refractivity (Wildman–Crippen MR) is 77.1 cm³/mol. The fourth-order valence-electron chi connectivity index (χ4n) is 1.48. The highest BCUT2D eigenvalue weighted by atomic mass is 16.6. The fourth-order valence-corrected chi connectivity index (χ4v) is 1.48. The van der Waals surface area contributed by atoms with Crippen LogP contribution in [0.5, 0.6) is 0 Å². The molecule has 7 nitrogen and oxygen atoms in total. The Balaban J connectivity index is 2.50. The Hall–Kier alpha value is -1.99. The number of nitro benzene ring substituents is 1. The lowest BCUT2D eigenvalue weighted by molar-refractivity contribution is -0.384. The van der Waals surface area contributed by atoms with Gasteiger partial charge in [-0.15, -0.1) is 0 Å². The van der Waals surface area contributed by atoms with E-state index in [0.29, 0.717) is 0 Å². The van der Waals surface area contributed by atoms with Crippen LogP contribution in [0.3, 0.4) is 0 Å². The van der Waals surface area contributed by atoms with Gasteiger partial charge in [-0.25, -0.2) is 4.79 Å². The molecule has 0 aliphatic rings. The molecule has 0 bridgehead atoms. The molecule has 0 aliphatic carbocycles. The van der Waals surface area contributed by atoms with Crippen LogP contribution in [0.1, 0.15) is 31.1 Å². The average molecular weight is 296 g/mol. The minimum Gasteiger partial charge on any atom is -0.459 e. The monoisotopic (exact) mass is 296 g/mol. The van der Waals surface area contributed by atoms with Crippen LogP contribution in [-0.2, 0) is 4.74 Å². The smallest absolute Gasteiger partial charge is 0.338 e. The van der Waals surface area contributed by atoms with Crippen molar-refractivity contribution in [3.63, 3.8) is 0 Å². The highest BCUT2D eigenvalue weighted by molar-refractivity contribution is 5.90. The van der Waals surface area contributed by atoms with Crippen molar-refractivity contribution in [3.8, 4) is 0 Å². The molecule has 21 heavy (non-hydrogen) atoms. The number of nitrogens with zero attached hydrogens (tertiary/aromatic N) is 1. The number of aliphatic hydroxyl groups is 1. The average Bonchev–Trinajstić information content (AvgIpc) is 2.41. The number of carbonyl (C=O) groups is 1. The van der Waals surface area contributed by atoms with E-state index in [9.17, 15) is 20.0 Å². The van der Waals surface area contributed by atoms with E-state index >= 15 is 0 Å². The molecule has 0 saturated heterocycles. The Morgan fingerprint density at radius 3 is 2.71 bits per heavy atom. The van der Waals surface area contributed by atoms with Gasteiger partial charge in [-0.2, -0.15) is 0 Å². The number of nitro groups is 1. The van der Waals surface area contributed by atoms with Gasteiger partial charge in [0.2, 0.25) is 0 Å². The van der Waals surface area contributed by atoms with Crippen molar-refractivity contribution in [1.82, 2.24) is 5.32 Å². The third-order valence-electron chi connectivity index (χ3n) is 2.57. The molecule has 1 rings (SSSR count). The van der Waals surface area contributed by atoms with Crippen LogP contribution in [0.15, 0.2) is 24.3 Å². The summed E-state index contributed by atoms with van der Waals surface area (Å²) in [6.45, 7) is 5.97. The van der Waals surface area contributed by atoms with Crippen LogP contribution in [0.2, 0.25) is 0 Å². The van der Waals surface area contributed by atoms with Gasteiger partial charge in [-0.3, -0.25) is 10.1 Å². The normalized spacial score (nSPS) is 12.8. The molecule has 0 aromatic heterocycles. The first-order valence-electron chi connectivity index (χ1n) is 6.54. The molecule has 0 heterocycles. The maximum absolute atomic E-state index is 11.7. The second kappa shape index (κ2) is 7.14. The van der Waals surface area contributed by atoms with Crippen LogP contribution < -0.4 is 5.32 Å². The molecule has 1 aromatic carbocycles. The number of ether oxygens (including phenoxy) is 1. The standard InChI is InChI=1S/C14H20N2O5/c1-14(2,3)15-8-12(17)9-21-13(18)10-5-4-6-11(7-10)16(19)20/h4-7,12,15,17H,8-9H2,1-3H3/t12-/m0/s1. The molecule has 0 fully saturated rings. The zero-order valence-corrected chi connectivity index (χ0v) is 12.3. The second-order valence-electron chi connectivity index (χ2n) is 5.69. The molecular weight excluding hydrogens is 276 g/mol. The van der Waals surface area contributed by atoms with Crippen LogP contribution in [0.25, 0.3) is 0 Å². The van der Waals surface area contributed by atoms with Crippen molar-refractivity contribution in [1.29, 1.82) is 0 Å². The minimum atomic E-state index is -0.841. The first-order valence-corrected chi connectivity index (χ1v) is 6.54. The van der Waals surface area contributed by atoms with Crippen molar-refractivity contribution in [2.75, 3.05) is 13.2 Å². The molecule has 0 aliphatic heterocycles. The summed E-state index contributed by atoms with van der Waals surface area (Å²) in [5.41, 5.74) is -0.245. The number of hydrogen-bond donors (Lipinski definition) is 2. The lowest BCUT2D eigenvalue weighted by Gasteiger charge is -2.22. The number of benzene rings is 1. The van der Waals surface area contributed by atoms with Crippen molar-refractivity contribution < 1.29 is 19.6 Å². The summed E-state index contributed by atoms with van der Waals surface area (Å²) in [5, 5.41) is 23.4. The predicted octanol–water partition coefficient (Wildman–Crippen LogP) is 1.50. The highest BCUT2D eigenvalue weighted by Gasteiger charge is 2.16. The number of aliphatic hydroxyl groups excluding tert-OH is 1. The van der Waals surface area contributed by atoms with Gasteiger partial charge in [-0.1, -0.05) is 6.07 Å². The number of nitrogens with one attached hydrogen (secondary N) is 1. The number of non-ortho nitro benzene ring substituents is 1. The fraction of sp³-hybridized carbons (Fsp3) is 0.500. The highest BCUT2D eigenvalue weighted by Crippen LogP contribution is 2.14. The molecule has 116 valence electrons. The van der Waals surface area contributed by atoms with E-state index in [2.05, 4.69) is 5.32 Å². The lowest BCUT2D eigenvalue weighted by atomic mass is 10.1. The Morgan fingerprint density at radius 1 is 1.48 bits per heavy atom. The maximum Gasteiger partial charge on any atom is 0.338 e. The Morgan fingerprint density at radius 2 is 2.14 bits per heavy atom. The lowest BCUT2D eigenvalue weighted by Crippen LogP contribution is -2.42. The van der Waals surface area contributed by atoms with E-state index in [0.717, 1.165) is 6.07 Å². The van der Waals surface area contributed by atoms with E-state index in [1.165, 1.54) is 18.2 Å². The first kappa shape index (κ1) is 17.1. The summed E-state index contributed by atoms with van der Waals surface area (Å²) in [7, 11) is 0. The Kier molecular flexibility index (Phi) is 5.80. The molecule has 0 unspecified atom stereocenters. The Bertz CT molecular complexity index is 510. The van der Waals surface area contributed by atoms with Gasteiger partial charge in [-0.05, 0) is 26.8 Å². The molecule has 7 heteroatoms. The van der Waals surface area contributed by atoms with Gasteiger partial charge in [0.05, 0.1) is 10.5 Å². The third kappa shape index (κ3) is 6.33. The number of rotatable bonds is 6. The van der Waals surface area contributed by atoms with Crippen molar-refractivity contribution in [2.45, 2.75) is 32.4 Å². The van der Waals surface area contributed by atoms with E-state index in [1.807, 2.05) is 20.8 Å². The van der Waals surface area contributed by atoms with Crippen LogP contribution >= 0.6 is 0 Å². The number of esters is 1. The van der Waals surface area contributed by atoms with E-state index < -0.39 is 17.0 Å². The van der Waals surface area contributed by atoms with E-state index in [-0.39, 0.29) is 29.9 Å². The molecule has 0 saturated carbocycles. The van der Waals surface area contributed by atoms with Gasteiger partial charge >= 0.3 is 5.97 Å². The zero-order valence-electron chi connectivity index (χ0n) is 12.3. The first-order chi connectivity index (χ1) is 9.69. The topological polar surface area (TPSA) is 102 Å². The van der Waals surface area contributed by atoms with Crippen molar-refractivity contribution in [2.24, 2.45) is 0 Å². The molecule has 0 amide bonds. The molecule has 1 atom stereocenters. The van der Waals surface area contributed by atoms with Gasteiger partial charge in [0.15, 0.2) is 0 Å². The molecule has 1 aromatic rings. The summed E-state index contributed by atoms with van der Waals surface area (Å²) in [6.07, 6.45) is -0.841. The largest absolute Gasteiger partial charge is 0.459 e. The van der Waals surface area contributed by atoms with Gasteiger partial charge < -0.3 is 15.2 Å². The summed E-state index contributed by atoms with van der Waals surface area (Å²) < 4.78 is 4.94. The molecular formula is C14H20N2O5. The van der Waals surface area contributed by atoms with E-state index in [1.54, 1.807) is 0 Å². The van der Waals surface area contributed by atoms with Crippen LogP contribution in [0.4, 0.5) is 5.69 Å². The second-order valence-corrected chi connectivity index (χ2v) is 5.69. The molecule has 2 N–H and O–H groups in total. The summed E-state index contributed by atoms with van der Waals surface area (Å²) in [4.78, 5) is 21.8. The number of β-amino-alcohol motifs (C(OH)–C–C–N with tert-alkyl or cyclic N) is 1.